The molecule has 5 aromatic carbocycles. The lowest BCUT2D eigenvalue weighted by atomic mass is 10.1. The minimum absolute atomic E-state index is 0.749. The van der Waals surface area contributed by atoms with E-state index >= 15 is 0 Å². The van der Waals surface area contributed by atoms with Gasteiger partial charge in [-0.05, 0) is 18.2 Å². The van der Waals surface area contributed by atoms with Gasteiger partial charge in [0.1, 0.15) is 4.83 Å². The van der Waals surface area contributed by atoms with Crippen LogP contribution in [0.1, 0.15) is 0 Å². The molecule has 0 N–H and O–H groups in total. The summed E-state index contributed by atoms with van der Waals surface area (Å²) in [4.78, 5) is 11.5. The molecule has 4 heterocycles. The average Bonchev–Trinajstić information content (AvgIpc) is 3.66. The van der Waals surface area contributed by atoms with E-state index in [4.69, 9.17) is 9.97 Å². The van der Waals surface area contributed by atoms with E-state index in [0.29, 0.717) is 0 Å². The van der Waals surface area contributed by atoms with Crippen LogP contribution in [0.15, 0.2) is 115 Å². The molecular formula is C34H19N3S2. The molecule has 39 heavy (non-hydrogen) atoms. The average molecular weight is 534 g/mol. The number of hydrogen-bond donors (Lipinski definition) is 0. The first-order valence-electron chi connectivity index (χ1n) is 12.9. The van der Waals surface area contributed by atoms with Crippen LogP contribution in [0.25, 0.3) is 79.5 Å². The highest BCUT2D eigenvalue weighted by Gasteiger charge is 2.22. The third-order valence-corrected chi connectivity index (χ3v) is 9.90. The molecule has 0 aliphatic carbocycles. The van der Waals surface area contributed by atoms with Crippen LogP contribution in [-0.4, -0.2) is 14.5 Å². The van der Waals surface area contributed by atoms with Crippen molar-refractivity contribution in [3.8, 4) is 17.2 Å². The molecule has 0 atom stereocenters. The second-order valence-corrected chi connectivity index (χ2v) is 11.9. The number of para-hydroxylation sites is 1. The van der Waals surface area contributed by atoms with Gasteiger partial charge in [0, 0.05) is 41.9 Å². The summed E-state index contributed by atoms with van der Waals surface area (Å²) >= 11 is 3.60. The Morgan fingerprint density at radius 2 is 1.18 bits per heavy atom. The number of hydrogen-bond acceptors (Lipinski definition) is 4. The monoisotopic (exact) mass is 533 g/mol. The maximum atomic E-state index is 5.36. The third-order valence-electron chi connectivity index (χ3n) is 7.64. The van der Waals surface area contributed by atoms with Crippen LogP contribution in [0.5, 0.6) is 0 Å². The van der Waals surface area contributed by atoms with Crippen molar-refractivity contribution in [3.63, 3.8) is 0 Å². The molecule has 0 unspecified atom stereocenters. The fourth-order valence-electron chi connectivity index (χ4n) is 5.93. The number of nitrogens with zero attached hydrogens (tertiary/aromatic N) is 3. The molecular weight excluding hydrogens is 515 g/mol. The number of aromatic nitrogens is 3. The molecule has 4 aromatic heterocycles. The second kappa shape index (κ2) is 7.96. The van der Waals surface area contributed by atoms with Crippen molar-refractivity contribution in [1.82, 2.24) is 14.5 Å². The van der Waals surface area contributed by atoms with E-state index < -0.39 is 0 Å². The summed E-state index contributed by atoms with van der Waals surface area (Å²) in [6.07, 6.45) is 0. The quantitative estimate of drug-likeness (QED) is 0.221. The van der Waals surface area contributed by atoms with Crippen molar-refractivity contribution >= 4 is 85.0 Å². The van der Waals surface area contributed by atoms with Gasteiger partial charge >= 0.3 is 0 Å². The first kappa shape index (κ1) is 21.4. The lowest BCUT2D eigenvalue weighted by Crippen LogP contribution is -2.01. The number of fused-ring (bicyclic) bond motifs is 10. The van der Waals surface area contributed by atoms with Gasteiger partial charge in [-0.1, -0.05) is 97.1 Å². The van der Waals surface area contributed by atoms with Gasteiger partial charge in [0.25, 0.3) is 0 Å². The topological polar surface area (TPSA) is 30.7 Å². The van der Waals surface area contributed by atoms with Gasteiger partial charge in [-0.15, -0.1) is 22.7 Å². The Balaban J connectivity index is 1.53. The largest absolute Gasteiger partial charge is 0.292 e. The van der Waals surface area contributed by atoms with E-state index in [9.17, 15) is 0 Å². The highest BCUT2D eigenvalue weighted by atomic mass is 32.1. The molecule has 0 saturated heterocycles. The van der Waals surface area contributed by atoms with E-state index in [2.05, 4.69) is 114 Å². The van der Waals surface area contributed by atoms with Crippen LogP contribution in [0, 0.1) is 0 Å². The molecule has 9 aromatic rings. The van der Waals surface area contributed by atoms with Gasteiger partial charge in [-0.3, -0.25) is 4.57 Å². The number of rotatable bonds is 2. The minimum Gasteiger partial charge on any atom is -0.292 e. The zero-order chi connectivity index (χ0) is 25.5. The van der Waals surface area contributed by atoms with Gasteiger partial charge in [0.15, 0.2) is 11.6 Å². The maximum absolute atomic E-state index is 5.36. The smallest absolute Gasteiger partial charge is 0.163 e. The van der Waals surface area contributed by atoms with Crippen LogP contribution in [0.2, 0.25) is 0 Å². The third kappa shape index (κ3) is 2.97. The maximum Gasteiger partial charge on any atom is 0.163 e. The van der Waals surface area contributed by atoms with Crippen LogP contribution >= 0.6 is 22.7 Å². The lowest BCUT2D eigenvalue weighted by molar-refractivity contribution is 1.08. The molecule has 9 rings (SSSR count). The Labute approximate surface area is 231 Å². The first-order valence-corrected chi connectivity index (χ1v) is 14.6. The molecule has 5 heteroatoms. The summed E-state index contributed by atoms with van der Waals surface area (Å²) in [6, 6.07) is 40.9. The van der Waals surface area contributed by atoms with Crippen LogP contribution < -0.4 is 0 Å². The van der Waals surface area contributed by atoms with Crippen molar-refractivity contribution in [3.05, 3.63) is 115 Å². The van der Waals surface area contributed by atoms with E-state index in [1.807, 2.05) is 17.4 Å². The molecule has 0 aliphatic heterocycles. The van der Waals surface area contributed by atoms with Crippen LogP contribution in [-0.2, 0) is 0 Å². The first-order chi connectivity index (χ1) is 19.3. The minimum atomic E-state index is 0.749. The van der Waals surface area contributed by atoms with Crippen molar-refractivity contribution in [2.45, 2.75) is 0 Å². The predicted octanol–water partition coefficient (Wildman–Crippen LogP) is 9.98. The molecule has 182 valence electrons. The molecule has 0 spiro atoms. The standard InChI is InChI=1S/C34H19N3S2/c1-2-10-20(11-3-1)32-35-33(29-25-14-6-9-17-28(25)39-34(29)36-32)37-26-15-7-4-12-21(26)23-18-19-24-22-13-5-8-16-27(22)38-31(24)30(23)37/h1-19H. The van der Waals surface area contributed by atoms with Crippen LogP contribution in [0.4, 0.5) is 0 Å². The fraction of sp³-hybridized carbons (Fsp3) is 0. The van der Waals surface area contributed by atoms with E-state index in [-0.39, 0.29) is 0 Å². The van der Waals surface area contributed by atoms with Crippen molar-refractivity contribution in [2.75, 3.05) is 0 Å². The summed E-state index contributed by atoms with van der Waals surface area (Å²) in [5, 5.41) is 7.38. The molecule has 0 saturated carbocycles. The number of benzene rings is 5. The summed E-state index contributed by atoms with van der Waals surface area (Å²) in [5.74, 6) is 1.69. The van der Waals surface area contributed by atoms with Crippen molar-refractivity contribution < 1.29 is 0 Å². The van der Waals surface area contributed by atoms with E-state index in [0.717, 1.165) is 32.9 Å². The zero-order valence-corrected chi connectivity index (χ0v) is 22.3. The van der Waals surface area contributed by atoms with Gasteiger partial charge in [-0.25, -0.2) is 9.97 Å². The molecule has 0 amide bonds. The Bertz CT molecular complexity index is 2390. The van der Waals surface area contributed by atoms with Gasteiger partial charge in [-0.2, -0.15) is 0 Å². The van der Waals surface area contributed by atoms with Crippen molar-refractivity contribution in [1.29, 1.82) is 0 Å². The van der Waals surface area contributed by atoms with Gasteiger partial charge in [0.05, 0.1) is 21.1 Å². The highest BCUT2D eigenvalue weighted by Crippen LogP contribution is 2.45. The molecule has 0 aliphatic rings. The fourth-order valence-corrected chi connectivity index (χ4v) is 8.24. The Kier molecular flexibility index (Phi) is 4.36. The zero-order valence-electron chi connectivity index (χ0n) is 20.6. The SMILES string of the molecule is c1ccc(-c2nc(-n3c4ccccc4c4ccc5c6ccccc6sc5c43)c3c(n2)sc2ccccc23)cc1. The van der Waals surface area contributed by atoms with Crippen molar-refractivity contribution in [2.24, 2.45) is 0 Å². The van der Waals surface area contributed by atoms with Gasteiger partial charge < -0.3 is 0 Å². The van der Waals surface area contributed by atoms with E-state index in [1.54, 1.807) is 11.3 Å². The summed E-state index contributed by atoms with van der Waals surface area (Å²) in [5.41, 5.74) is 3.39. The summed E-state index contributed by atoms with van der Waals surface area (Å²) in [6.45, 7) is 0. The summed E-state index contributed by atoms with van der Waals surface area (Å²) in [7, 11) is 0. The second-order valence-electron chi connectivity index (χ2n) is 9.80. The van der Waals surface area contributed by atoms with Gasteiger partial charge in [0.2, 0.25) is 0 Å². The summed E-state index contributed by atoms with van der Waals surface area (Å²) < 4.78 is 6.21. The normalized spacial score (nSPS) is 12.1. The molecule has 0 radical (unpaired) electrons. The van der Waals surface area contributed by atoms with Crippen LogP contribution in [0.3, 0.4) is 0 Å². The highest BCUT2D eigenvalue weighted by molar-refractivity contribution is 7.26. The van der Waals surface area contributed by atoms with E-state index in [1.165, 1.54) is 46.5 Å². The molecule has 0 fully saturated rings. The predicted molar refractivity (Wildman–Crippen MR) is 168 cm³/mol. The molecule has 0 bridgehead atoms. The molecule has 3 nitrogen and oxygen atoms in total. The Morgan fingerprint density at radius 1 is 0.513 bits per heavy atom. The Hall–Kier alpha value is -4.58. The Morgan fingerprint density at radius 3 is 2.03 bits per heavy atom. The number of thiophene rings is 2. The lowest BCUT2D eigenvalue weighted by Gasteiger charge is -2.11.